The predicted molar refractivity (Wildman–Crippen MR) is 82.9 cm³/mol. The van der Waals surface area contributed by atoms with Crippen molar-refractivity contribution in [2.24, 2.45) is 0 Å². The molecule has 0 aliphatic carbocycles. The minimum atomic E-state index is -0.807. The first kappa shape index (κ1) is 16.9. The SMILES string of the molecule is CCOC(=O)Cc1csc(NC(=O)C2(OC)CCNCC2)n1. The molecule has 1 aromatic heterocycles. The standard InChI is InChI=1S/C14H21N3O4S/c1-3-21-11(18)8-10-9-22-13(16-10)17-12(19)14(20-2)4-6-15-7-5-14/h9,15H,3-8H2,1-2H3,(H,16,17,19). The summed E-state index contributed by atoms with van der Waals surface area (Å²) in [5.41, 5.74) is -0.214. The van der Waals surface area contributed by atoms with Crippen LogP contribution < -0.4 is 10.6 Å². The Labute approximate surface area is 133 Å². The van der Waals surface area contributed by atoms with Crippen LogP contribution in [0.1, 0.15) is 25.5 Å². The van der Waals surface area contributed by atoms with E-state index in [-0.39, 0.29) is 18.3 Å². The van der Waals surface area contributed by atoms with Gasteiger partial charge in [0, 0.05) is 12.5 Å². The van der Waals surface area contributed by atoms with Crippen molar-refractivity contribution in [1.82, 2.24) is 10.3 Å². The van der Waals surface area contributed by atoms with Crippen LogP contribution >= 0.6 is 11.3 Å². The number of methoxy groups -OCH3 is 1. The fraction of sp³-hybridized carbons (Fsp3) is 0.643. The van der Waals surface area contributed by atoms with Gasteiger partial charge in [0.15, 0.2) is 5.13 Å². The monoisotopic (exact) mass is 327 g/mol. The first-order valence-corrected chi connectivity index (χ1v) is 8.15. The van der Waals surface area contributed by atoms with Gasteiger partial charge in [0.1, 0.15) is 5.60 Å². The lowest BCUT2D eigenvalue weighted by atomic mass is 9.91. The zero-order chi connectivity index (χ0) is 16.0. The van der Waals surface area contributed by atoms with E-state index in [1.165, 1.54) is 11.3 Å². The summed E-state index contributed by atoms with van der Waals surface area (Å²) in [6, 6.07) is 0. The number of aromatic nitrogens is 1. The number of carbonyl (C=O) groups is 2. The third-order valence-corrected chi connectivity index (χ3v) is 4.43. The van der Waals surface area contributed by atoms with Crippen LogP contribution in [0.5, 0.6) is 0 Å². The van der Waals surface area contributed by atoms with Crippen molar-refractivity contribution in [2.75, 3.05) is 32.1 Å². The zero-order valence-corrected chi connectivity index (χ0v) is 13.6. The molecule has 8 heteroatoms. The van der Waals surface area contributed by atoms with Crippen molar-refractivity contribution in [3.63, 3.8) is 0 Å². The second-order valence-electron chi connectivity index (χ2n) is 5.03. The maximum atomic E-state index is 12.5. The third kappa shape index (κ3) is 4.02. The van der Waals surface area contributed by atoms with Crippen LogP contribution in [0.4, 0.5) is 5.13 Å². The molecule has 0 saturated carbocycles. The van der Waals surface area contributed by atoms with Crippen LogP contribution in [0.3, 0.4) is 0 Å². The summed E-state index contributed by atoms with van der Waals surface area (Å²) in [5, 5.41) is 8.21. The number of ether oxygens (including phenoxy) is 2. The maximum Gasteiger partial charge on any atom is 0.311 e. The highest BCUT2D eigenvalue weighted by Crippen LogP contribution is 2.25. The molecule has 0 unspecified atom stereocenters. The fourth-order valence-corrected chi connectivity index (χ4v) is 3.08. The molecular weight excluding hydrogens is 306 g/mol. The lowest BCUT2D eigenvalue weighted by Gasteiger charge is -2.34. The molecule has 2 heterocycles. The van der Waals surface area contributed by atoms with E-state index in [0.29, 0.717) is 30.3 Å². The van der Waals surface area contributed by atoms with E-state index in [4.69, 9.17) is 9.47 Å². The minimum Gasteiger partial charge on any atom is -0.466 e. The Morgan fingerprint density at radius 2 is 2.18 bits per heavy atom. The van der Waals surface area contributed by atoms with E-state index in [2.05, 4.69) is 15.6 Å². The van der Waals surface area contributed by atoms with Gasteiger partial charge in [-0.15, -0.1) is 11.3 Å². The minimum absolute atomic E-state index is 0.111. The molecule has 1 saturated heterocycles. The van der Waals surface area contributed by atoms with Gasteiger partial charge in [-0.2, -0.15) is 0 Å². The fourth-order valence-electron chi connectivity index (χ4n) is 2.37. The summed E-state index contributed by atoms with van der Waals surface area (Å²) in [6.07, 6.45) is 1.35. The summed E-state index contributed by atoms with van der Waals surface area (Å²) in [6.45, 7) is 3.59. The molecule has 0 atom stereocenters. The van der Waals surface area contributed by atoms with Gasteiger partial charge >= 0.3 is 5.97 Å². The number of piperidine rings is 1. The number of nitrogens with zero attached hydrogens (tertiary/aromatic N) is 1. The molecule has 2 rings (SSSR count). The van der Waals surface area contributed by atoms with Gasteiger partial charge in [0.2, 0.25) is 0 Å². The Morgan fingerprint density at radius 3 is 2.82 bits per heavy atom. The lowest BCUT2D eigenvalue weighted by molar-refractivity contribution is -0.142. The molecule has 22 heavy (non-hydrogen) atoms. The first-order valence-electron chi connectivity index (χ1n) is 7.27. The van der Waals surface area contributed by atoms with Crippen molar-refractivity contribution >= 4 is 28.3 Å². The summed E-state index contributed by atoms with van der Waals surface area (Å²) >= 11 is 1.29. The van der Waals surface area contributed by atoms with E-state index >= 15 is 0 Å². The van der Waals surface area contributed by atoms with Crippen molar-refractivity contribution in [1.29, 1.82) is 0 Å². The number of anilines is 1. The molecule has 1 fully saturated rings. The Hall–Kier alpha value is -1.51. The first-order chi connectivity index (χ1) is 10.6. The number of thiazole rings is 1. The highest BCUT2D eigenvalue weighted by Gasteiger charge is 2.40. The zero-order valence-electron chi connectivity index (χ0n) is 12.8. The van der Waals surface area contributed by atoms with Gasteiger partial charge in [0.25, 0.3) is 5.91 Å². The van der Waals surface area contributed by atoms with Crippen molar-refractivity contribution in [2.45, 2.75) is 31.8 Å². The van der Waals surface area contributed by atoms with Crippen LogP contribution in [-0.4, -0.2) is 49.3 Å². The smallest absolute Gasteiger partial charge is 0.311 e. The van der Waals surface area contributed by atoms with Gasteiger partial charge in [-0.3, -0.25) is 14.9 Å². The van der Waals surface area contributed by atoms with E-state index in [1.54, 1.807) is 19.4 Å². The molecular formula is C14H21N3O4S. The summed E-state index contributed by atoms with van der Waals surface area (Å²) in [5.74, 6) is -0.508. The van der Waals surface area contributed by atoms with Gasteiger partial charge in [-0.25, -0.2) is 4.98 Å². The lowest BCUT2D eigenvalue weighted by Crippen LogP contribution is -2.51. The van der Waals surface area contributed by atoms with Gasteiger partial charge in [-0.05, 0) is 32.9 Å². The molecule has 7 nitrogen and oxygen atoms in total. The van der Waals surface area contributed by atoms with Crippen molar-refractivity contribution in [3.05, 3.63) is 11.1 Å². The number of rotatable bonds is 6. The molecule has 1 aliphatic heterocycles. The largest absolute Gasteiger partial charge is 0.466 e. The van der Waals surface area contributed by atoms with Crippen LogP contribution in [0, 0.1) is 0 Å². The summed E-state index contributed by atoms with van der Waals surface area (Å²) in [7, 11) is 1.55. The van der Waals surface area contributed by atoms with E-state index in [9.17, 15) is 9.59 Å². The number of hydrogen-bond donors (Lipinski definition) is 2. The Balaban J connectivity index is 1.97. The van der Waals surface area contributed by atoms with Gasteiger partial charge in [0.05, 0.1) is 18.7 Å². The second-order valence-corrected chi connectivity index (χ2v) is 5.89. The molecule has 0 bridgehead atoms. The van der Waals surface area contributed by atoms with Gasteiger partial charge in [-0.1, -0.05) is 0 Å². The predicted octanol–water partition coefficient (Wildman–Crippen LogP) is 0.956. The molecule has 1 amide bonds. The topological polar surface area (TPSA) is 89.5 Å². The molecule has 0 radical (unpaired) electrons. The van der Waals surface area contributed by atoms with E-state index < -0.39 is 5.60 Å². The normalized spacial score (nSPS) is 17.0. The molecule has 0 spiro atoms. The molecule has 1 aliphatic rings. The summed E-state index contributed by atoms with van der Waals surface area (Å²) < 4.78 is 10.3. The average Bonchev–Trinajstić information content (AvgIpc) is 2.95. The van der Waals surface area contributed by atoms with Gasteiger partial charge < -0.3 is 14.8 Å². The highest BCUT2D eigenvalue weighted by molar-refractivity contribution is 7.13. The van der Waals surface area contributed by atoms with Crippen molar-refractivity contribution in [3.8, 4) is 0 Å². The van der Waals surface area contributed by atoms with E-state index in [0.717, 1.165) is 13.1 Å². The number of carbonyl (C=O) groups excluding carboxylic acids is 2. The molecule has 122 valence electrons. The van der Waals surface area contributed by atoms with E-state index in [1.807, 2.05) is 0 Å². The third-order valence-electron chi connectivity index (χ3n) is 3.62. The highest BCUT2D eigenvalue weighted by atomic mass is 32.1. The van der Waals surface area contributed by atoms with Crippen LogP contribution in [0.2, 0.25) is 0 Å². The molecule has 1 aromatic rings. The number of hydrogen-bond acceptors (Lipinski definition) is 7. The maximum absolute atomic E-state index is 12.5. The molecule has 2 N–H and O–H groups in total. The van der Waals surface area contributed by atoms with Crippen LogP contribution in [-0.2, 0) is 25.5 Å². The van der Waals surface area contributed by atoms with Crippen molar-refractivity contribution < 1.29 is 19.1 Å². The Bertz CT molecular complexity index is 526. The number of nitrogens with one attached hydrogen (secondary N) is 2. The quantitative estimate of drug-likeness (QED) is 0.756. The average molecular weight is 327 g/mol. The number of amides is 1. The van der Waals surface area contributed by atoms with Crippen LogP contribution in [0.25, 0.3) is 0 Å². The molecule has 0 aromatic carbocycles. The Morgan fingerprint density at radius 1 is 1.45 bits per heavy atom. The number of esters is 1. The van der Waals surface area contributed by atoms with Crippen LogP contribution in [0.15, 0.2) is 5.38 Å². The Kier molecular flexibility index (Phi) is 5.87. The summed E-state index contributed by atoms with van der Waals surface area (Å²) in [4.78, 5) is 28.1. The second kappa shape index (κ2) is 7.66.